The minimum Gasteiger partial charge on any atom is -0.397 e. The number of nitrogen functional groups attached to an aromatic ring is 1. The molecule has 1 rings (SSSR count). The van der Waals surface area contributed by atoms with Gasteiger partial charge in [0.05, 0.1) is 17.1 Å². The van der Waals surface area contributed by atoms with Crippen LogP contribution in [0.3, 0.4) is 0 Å². The molecule has 0 bridgehead atoms. The quantitative estimate of drug-likeness (QED) is 0.810. The minimum atomic E-state index is -3.37. The molecule has 0 saturated carbocycles. The molecule has 1 amide bonds. The van der Waals surface area contributed by atoms with Crippen LogP contribution in [0, 0.1) is 5.92 Å². The first-order valence-electron chi connectivity index (χ1n) is 5.65. The molecule has 0 atom stereocenters. The molecule has 7 heteroatoms. The van der Waals surface area contributed by atoms with E-state index in [1.807, 2.05) is 0 Å². The smallest absolute Gasteiger partial charge is 0.239 e. The van der Waals surface area contributed by atoms with Crippen LogP contribution < -0.4 is 11.1 Å². The highest BCUT2D eigenvalue weighted by atomic mass is 35.5. The number of carbonyl (C=O) groups is 1. The Labute approximate surface area is 119 Å². The third kappa shape index (κ3) is 6.45. The van der Waals surface area contributed by atoms with E-state index in [-0.39, 0.29) is 24.1 Å². The molecule has 3 N–H and O–H groups in total. The molecule has 0 radical (unpaired) electrons. The van der Waals surface area contributed by atoms with Gasteiger partial charge in [-0.2, -0.15) is 0 Å². The maximum Gasteiger partial charge on any atom is 0.239 e. The summed E-state index contributed by atoms with van der Waals surface area (Å²) in [6.07, 6.45) is 0. The first kappa shape index (κ1) is 17.7. The third-order valence-electron chi connectivity index (χ3n) is 2.17. The number of halogens is 1. The Morgan fingerprint density at radius 3 is 2.42 bits per heavy atom. The number of amides is 1. The van der Waals surface area contributed by atoms with Gasteiger partial charge in [0.15, 0.2) is 9.84 Å². The molecule has 0 aliphatic heterocycles. The second kappa shape index (κ2) is 7.35. The normalized spacial score (nSPS) is 10.9. The largest absolute Gasteiger partial charge is 0.397 e. The Bertz CT molecular complexity index is 530. The van der Waals surface area contributed by atoms with Crippen LogP contribution in [0.1, 0.15) is 13.8 Å². The highest BCUT2D eigenvalue weighted by molar-refractivity contribution is 7.92. The van der Waals surface area contributed by atoms with Crippen molar-refractivity contribution in [1.82, 2.24) is 0 Å². The van der Waals surface area contributed by atoms with Crippen molar-refractivity contribution in [2.75, 3.05) is 22.6 Å². The van der Waals surface area contributed by atoms with Crippen LogP contribution in [-0.4, -0.2) is 25.8 Å². The second-order valence-electron chi connectivity index (χ2n) is 4.58. The number of benzene rings is 1. The number of carbonyl (C=O) groups excluding carboxylic acids is 1. The summed E-state index contributed by atoms with van der Waals surface area (Å²) in [7, 11) is -3.37. The van der Waals surface area contributed by atoms with Crippen LogP contribution >= 0.6 is 12.4 Å². The van der Waals surface area contributed by atoms with Crippen LogP contribution in [0.25, 0.3) is 0 Å². The molecule has 5 nitrogen and oxygen atoms in total. The number of hydrogen-bond donors (Lipinski definition) is 2. The maximum atomic E-state index is 11.6. The number of nitrogens with one attached hydrogen (secondary N) is 1. The van der Waals surface area contributed by atoms with Crippen LogP contribution in [0.2, 0.25) is 0 Å². The fourth-order valence-electron chi connectivity index (χ4n) is 1.56. The number of rotatable bonds is 5. The Hall–Kier alpha value is -1.27. The van der Waals surface area contributed by atoms with E-state index in [9.17, 15) is 13.2 Å². The number of nitrogens with two attached hydrogens (primary N) is 1. The zero-order chi connectivity index (χ0) is 13.8. The minimum absolute atomic E-state index is 0. The van der Waals surface area contributed by atoms with Gasteiger partial charge in [-0.05, 0) is 18.1 Å². The van der Waals surface area contributed by atoms with E-state index >= 15 is 0 Å². The lowest BCUT2D eigenvalue weighted by molar-refractivity contribution is -0.113. The fraction of sp³-hybridized carbons (Fsp3) is 0.417. The van der Waals surface area contributed by atoms with Crippen LogP contribution in [0.15, 0.2) is 24.3 Å². The summed E-state index contributed by atoms with van der Waals surface area (Å²) in [5.74, 6) is -1.07. The Kier molecular flexibility index (Phi) is 6.86. The molecule has 0 unspecified atom stereocenters. The van der Waals surface area contributed by atoms with Crippen molar-refractivity contribution in [2.45, 2.75) is 13.8 Å². The van der Waals surface area contributed by atoms with Crippen molar-refractivity contribution in [3.8, 4) is 0 Å². The molecule has 0 spiro atoms. The summed E-state index contributed by atoms with van der Waals surface area (Å²) >= 11 is 0. The van der Waals surface area contributed by atoms with Crippen molar-refractivity contribution in [1.29, 1.82) is 0 Å². The summed E-state index contributed by atoms with van der Waals surface area (Å²) < 4.78 is 23.3. The van der Waals surface area contributed by atoms with Gasteiger partial charge in [-0.1, -0.05) is 26.0 Å². The second-order valence-corrected chi connectivity index (χ2v) is 6.69. The Morgan fingerprint density at radius 2 is 1.89 bits per heavy atom. The number of sulfone groups is 1. The van der Waals surface area contributed by atoms with Gasteiger partial charge in [0.1, 0.15) is 5.75 Å². The van der Waals surface area contributed by atoms with Gasteiger partial charge >= 0.3 is 0 Å². The molecule has 108 valence electrons. The molecule has 19 heavy (non-hydrogen) atoms. The average molecular weight is 307 g/mol. The highest BCUT2D eigenvalue weighted by Gasteiger charge is 2.18. The van der Waals surface area contributed by atoms with Crippen LogP contribution in [-0.2, 0) is 14.6 Å². The zero-order valence-electron chi connectivity index (χ0n) is 10.9. The zero-order valence-corrected chi connectivity index (χ0v) is 12.6. The summed E-state index contributed by atoms with van der Waals surface area (Å²) in [6.45, 7) is 3.59. The van der Waals surface area contributed by atoms with Gasteiger partial charge in [0, 0.05) is 0 Å². The molecule has 0 aliphatic carbocycles. The van der Waals surface area contributed by atoms with Crippen molar-refractivity contribution >= 4 is 39.5 Å². The third-order valence-corrected chi connectivity index (χ3v) is 4.05. The molecule has 0 fully saturated rings. The standard InChI is InChI=1S/C12H18N2O3S.ClH/c1-9(2)7-18(16,17)8-12(15)14-11-6-4-3-5-10(11)13;/h3-6,9H,7-8,13H2,1-2H3,(H,14,15);1H. The van der Waals surface area contributed by atoms with E-state index in [0.29, 0.717) is 11.4 Å². The summed E-state index contributed by atoms with van der Waals surface area (Å²) in [5.41, 5.74) is 6.49. The van der Waals surface area contributed by atoms with Crippen molar-refractivity contribution in [2.24, 2.45) is 5.92 Å². The van der Waals surface area contributed by atoms with Crippen molar-refractivity contribution in [3.63, 3.8) is 0 Å². The highest BCUT2D eigenvalue weighted by Crippen LogP contribution is 2.16. The molecule has 0 saturated heterocycles. The van der Waals surface area contributed by atoms with Gasteiger partial charge < -0.3 is 11.1 Å². The molecule has 1 aromatic carbocycles. The summed E-state index contributed by atoms with van der Waals surface area (Å²) in [4.78, 5) is 11.6. The predicted octanol–water partition coefficient (Wildman–Crippen LogP) is 1.70. The molecule has 0 aromatic heterocycles. The average Bonchev–Trinajstić information content (AvgIpc) is 2.18. The molecule has 1 aromatic rings. The number of hydrogen-bond acceptors (Lipinski definition) is 4. The molecule has 0 aliphatic rings. The van der Waals surface area contributed by atoms with E-state index in [2.05, 4.69) is 5.32 Å². The van der Waals surface area contributed by atoms with Crippen LogP contribution in [0.5, 0.6) is 0 Å². The van der Waals surface area contributed by atoms with E-state index in [1.165, 1.54) is 0 Å². The lowest BCUT2D eigenvalue weighted by Gasteiger charge is -2.09. The predicted molar refractivity (Wildman–Crippen MR) is 80.2 cm³/mol. The monoisotopic (exact) mass is 306 g/mol. The topological polar surface area (TPSA) is 89.3 Å². The van der Waals surface area contributed by atoms with Gasteiger partial charge in [0.25, 0.3) is 0 Å². The van der Waals surface area contributed by atoms with E-state index in [4.69, 9.17) is 5.73 Å². The first-order chi connectivity index (χ1) is 8.30. The fourth-order valence-corrected chi connectivity index (χ4v) is 3.17. The Morgan fingerprint density at radius 1 is 1.32 bits per heavy atom. The summed E-state index contributed by atoms with van der Waals surface area (Å²) in [6, 6.07) is 6.72. The van der Waals surface area contributed by atoms with Gasteiger partial charge in [-0.25, -0.2) is 8.42 Å². The molecular formula is C12H19ClN2O3S. The molecular weight excluding hydrogens is 288 g/mol. The summed E-state index contributed by atoms with van der Waals surface area (Å²) in [5, 5.41) is 2.50. The van der Waals surface area contributed by atoms with Gasteiger partial charge in [-0.3, -0.25) is 4.79 Å². The first-order valence-corrected chi connectivity index (χ1v) is 7.47. The van der Waals surface area contributed by atoms with Crippen molar-refractivity contribution in [3.05, 3.63) is 24.3 Å². The van der Waals surface area contributed by atoms with Crippen LogP contribution in [0.4, 0.5) is 11.4 Å². The lowest BCUT2D eigenvalue weighted by atomic mass is 10.3. The van der Waals surface area contributed by atoms with Gasteiger partial charge in [-0.15, -0.1) is 12.4 Å². The Balaban J connectivity index is 0.00000324. The van der Waals surface area contributed by atoms with Crippen molar-refractivity contribution < 1.29 is 13.2 Å². The SMILES string of the molecule is CC(C)CS(=O)(=O)CC(=O)Nc1ccccc1N.Cl. The van der Waals surface area contributed by atoms with Gasteiger partial charge in [0.2, 0.25) is 5.91 Å². The van der Waals surface area contributed by atoms with E-state index in [0.717, 1.165) is 0 Å². The number of anilines is 2. The van der Waals surface area contributed by atoms with E-state index < -0.39 is 21.5 Å². The molecule has 0 heterocycles. The number of para-hydroxylation sites is 2. The van der Waals surface area contributed by atoms with E-state index in [1.54, 1.807) is 38.1 Å². The lowest BCUT2D eigenvalue weighted by Crippen LogP contribution is -2.26. The maximum absolute atomic E-state index is 11.6.